The fourth-order valence-electron chi connectivity index (χ4n) is 2.86. The van der Waals surface area contributed by atoms with E-state index in [0.29, 0.717) is 6.07 Å². The predicted octanol–water partition coefficient (Wildman–Crippen LogP) is -0.559. The van der Waals surface area contributed by atoms with E-state index in [9.17, 15) is 40.3 Å². The lowest BCUT2D eigenvalue weighted by molar-refractivity contribution is 0.0995. The van der Waals surface area contributed by atoms with E-state index < -0.39 is 84.0 Å². The maximum Gasteiger partial charge on any atom is 0.397 e. The van der Waals surface area contributed by atoms with E-state index in [1.165, 1.54) is 6.92 Å². The van der Waals surface area contributed by atoms with Gasteiger partial charge in [0.15, 0.2) is 16.8 Å². The van der Waals surface area contributed by atoms with Gasteiger partial charge in [-0.1, -0.05) is 0 Å². The average Bonchev–Trinajstić information content (AvgIpc) is 2.77. The summed E-state index contributed by atoms with van der Waals surface area (Å²) in [6.45, 7) is -0.391. The monoisotopic (exact) mass is 583 g/mol. The minimum atomic E-state index is -5.00. The number of azo groups is 1. The Balaban J connectivity index is 2.50. The lowest BCUT2D eigenvalue weighted by atomic mass is 10.1. The lowest BCUT2D eigenvalue weighted by Crippen LogP contribution is -2.28. The summed E-state index contributed by atoms with van der Waals surface area (Å²) in [5.41, 5.74) is 8.15. The Morgan fingerprint density at radius 3 is 2.35 bits per heavy atom. The zero-order valence-electron chi connectivity index (χ0n) is 18.8. The molecule has 1 heterocycles. The highest BCUT2D eigenvalue weighted by Crippen LogP contribution is 2.31. The van der Waals surface area contributed by atoms with Crippen LogP contribution in [0.25, 0.3) is 0 Å². The van der Waals surface area contributed by atoms with Crippen LogP contribution in [0.2, 0.25) is 0 Å². The van der Waals surface area contributed by atoms with Crippen LogP contribution in [0.3, 0.4) is 0 Å². The number of aromatic hydroxyl groups is 1. The highest BCUT2D eigenvalue weighted by atomic mass is 32.3. The van der Waals surface area contributed by atoms with E-state index in [1.807, 2.05) is 0 Å². The van der Waals surface area contributed by atoms with Gasteiger partial charge in [0.2, 0.25) is 5.88 Å². The molecular formula is C17H21N5O12S3. The molecule has 1 aromatic heterocycles. The van der Waals surface area contributed by atoms with Crippen molar-refractivity contribution in [2.75, 3.05) is 19.8 Å². The number of primary amides is 1. The Hall–Kier alpha value is -3.11. The summed E-state index contributed by atoms with van der Waals surface area (Å²) in [5.74, 6) is -1.84. The third-order valence-corrected chi connectivity index (χ3v) is 6.79. The van der Waals surface area contributed by atoms with Gasteiger partial charge < -0.3 is 16.6 Å². The van der Waals surface area contributed by atoms with Crippen LogP contribution in [-0.4, -0.2) is 65.5 Å². The molecule has 204 valence electrons. The molecule has 7 N–H and O–H groups in total. The molecule has 2 aromatic rings. The van der Waals surface area contributed by atoms with Crippen LogP contribution >= 0.6 is 0 Å². The van der Waals surface area contributed by atoms with Gasteiger partial charge in [0.05, 0.1) is 18.1 Å². The van der Waals surface area contributed by atoms with Crippen LogP contribution in [0.4, 0.5) is 11.4 Å². The molecule has 0 aliphatic rings. The highest BCUT2D eigenvalue weighted by molar-refractivity contribution is 7.86. The zero-order valence-corrected chi connectivity index (χ0v) is 21.2. The Morgan fingerprint density at radius 2 is 1.81 bits per heavy atom. The van der Waals surface area contributed by atoms with E-state index >= 15 is 0 Å². The summed E-state index contributed by atoms with van der Waals surface area (Å²) < 4.78 is 84.6. The van der Waals surface area contributed by atoms with Crippen molar-refractivity contribution < 1.29 is 48.4 Å². The maximum absolute atomic E-state index is 12.8. The van der Waals surface area contributed by atoms with E-state index in [4.69, 9.17) is 20.2 Å². The summed E-state index contributed by atoms with van der Waals surface area (Å²) in [6, 6.07) is 2.74. The van der Waals surface area contributed by atoms with Gasteiger partial charge >= 0.3 is 10.4 Å². The molecular weight excluding hydrogens is 562 g/mol. The van der Waals surface area contributed by atoms with Gasteiger partial charge in [-0.2, -0.15) is 16.8 Å². The van der Waals surface area contributed by atoms with E-state index in [1.54, 1.807) is 0 Å². The third-order valence-electron chi connectivity index (χ3n) is 4.42. The molecule has 0 fully saturated rings. The third kappa shape index (κ3) is 7.69. The van der Waals surface area contributed by atoms with Gasteiger partial charge in [-0.25, -0.2) is 8.39 Å². The molecule has 2 rings (SSSR count). The van der Waals surface area contributed by atoms with Crippen molar-refractivity contribution in [3.63, 3.8) is 0 Å². The number of aromatic nitrogens is 1. The number of rotatable bonds is 12. The Bertz CT molecular complexity index is 1530. The van der Waals surface area contributed by atoms with Crippen molar-refractivity contribution in [3.8, 4) is 5.88 Å². The molecule has 20 heteroatoms. The minimum absolute atomic E-state index is 0.110. The first kappa shape index (κ1) is 30.1. The first-order valence-electron chi connectivity index (χ1n) is 9.74. The van der Waals surface area contributed by atoms with E-state index in [-0.39, 0.29) is 23.5 Å². The topological polar surface area (TPSA) is 280 Å². The van der Waals surface area contributed by atoms with Crippen LogP contribution < -0.4 is 17.0 Å². The summed E-state index contributed by atoms with van der Waals surface area (Å²) in [6.07, 6.45) is 0. The molecule has 0 radical (unpaired) electrons. The molecule has 1 unspecified atom stereocenters. The van der Waals surface area contributed by atoms with Gasteiger partial charge in [-0.3, -0.25) is 27.4 Å². The molecule has 37 heavy (non-hydrogen) atoms. The number of amides is 1. The average molecular weight is 584 g/mol. The normalized spacial score (nSPS) is 13.2. The van der Waals surface area contributed by atoms with Crippen LogP contribution in [0.15, 0.2) is 43.0 Å². The van der Waals surface area contributed by atoms with Crippen molar-refractivity contribution in [2.24, 2.45) is 21.7 Å². The lowest BCUT2D eigenvalue weighted by Gasteiger charge is -2.14. The van der Waals surface area contributed by atoms with Gasteiger partial charge in [0.1, 0.15) is 16.1 Å². The fraction of sp³-hybridized carbons (Fsp3) is 0.294. The number of hydrogen-bond acceptors (Lipinski definition) is 13. The number of nitrogens with zero attached hydrogens (tertiary/aromatic N) is 3. The SMILES string of the molecule is Cc1c(C(N)=O)c(O)n(CCN)c(=O)c1N=Nc1ccc(S(=O)OCCOS(=O)(=O)O)cc1S(=O)(=O)O. The number of carbonyl (C=O) groups excluding carboxylic acids is 1. The van der Waals surface area contributed by atoms with Crippen LogP contribution in [-0.2, 0) is 46.5 Å². The second kappa shape index (κ2) is 12.0. The second-order valence-corrected chi connectivity index (χ2v) is 10.6. The fourth-order valence-corrected chi connectivity index (χ4v) is 4.61. The van der Waals surface area contributed by atoms with E-state index in [2.05, 4.69) is 14.4 Å². The summed E-state index contributed by atoms with van der Waals surface area (Å²) >= 11 is -2.38. The number of nitrogens with two attached hydrogens (primary N) is 2. The van der Waals surface area contributed by atoms with Crippen LogP contribution in [0, 0.1) is 6.92 Å². The Labute approximate surface area is 212 Å². The molecule has 0 spiro atoms. The number of hydrogen-bond donors (Lipinski definition) is 5. The number of carbonyl (C=O) groups is 1. The quantitative estimate of drug-likeness (QED) is 0.119. The van der Waals surface area contributed by atoms with Crippen molar-refractivity contribution >= 4 is 48.9 Å². The number of pyridine rings is 1. The summed E-state index contributed by atoms with van der Waals surface area (Å²) in [4.78, 5) is 23.4. The van der Waals surface area contributed by atoms with Gasteiger partial charge in [0, 0.05) is 18.7 Å². The van der Waals surface area contributed by atoms with Crippen molar-refractivity contribution in [1.82, 2.24) is 4.57 Å². The smallest absolute Gasteiger partial charge is 0.397 e. The standard InChI is InChI=1S/C17H21N5O12S3/c1-9-13(15(19)23)16(24)22(5-4-18)17(25)14(9)21-20-11-3-2-10(8-12(11)36(27,28)29)35(26)33-6-7-34-37(30,31)32/h2-3,8,24H,4-7,18H2,1H3,(H2,19,23)(H,27,28,29)(H,30,31,32). The molecule has 0 aliphatic carbocycles. The van der Waals surface area contributed by atoms with Crippen molar-refractivity contribution in [3.05, 3.63) is 39.7 Å². The Morgan fingerprint density at radius 1 is 1.16 bits per heavy atom. The molecule has 0 bridgehead atoms. The van der Waals surface area contributed by atoms with Crippen molar-refractivity contribution in [2.45, 2.75) is 23.3 Å². The Kier molecular flexibility index (Phi) is 9.73. The molecule has 1 atom stereocenters. The maximum atomic E-state index is 12.8. The second-order valence-electron chi connectivity index (χ2n) is 6.89. The predicted molar refractivity (Wildman–Crippen MR) is 125 cm³/mol. The zero-order chi connectivity index (χ0) is 28.1. The molecule has 17 nitrogen and oxygen atoms in total. The first-order valence-corrected chi connectivity index (χ1v) is 13.6. The van der Waals surface area contributed by atoms with Crippen molar-refractivity contribution in [1.29, 1.82) is 0 Å². The summed E-state index contributed by atoms with van der Waals surface area (Å²) in [7, 11) is -9.75. The largest absolute Gasteiger partial charge is 0.494 e. The van der Waals surface area contributed by atoms with Crippen LogP contribution in [0.1, 0.15) is 15.9 Å². The highest BCUT2D eigenvalue weighted by Gasteiger charge is 2.23. The van der Waals surface area contributed by atoms with Gasteiger partial charge in [-0.15, -0.1) is 10.2 Å². The molecule has 0 saturated heterocycles. The van der Waals surface area contributed by atoms with Gasteiger partial charge in [-0.05, 0) is 25.1 Å². The molecule has 0 aliphatic heterocycles. The molecule has 1 aromatic carbocycles. The number of benzene rings is 1. The first-order chi connectivity index (χ1) is 17.1. The molecule has 1 amide bonds. The van der Waals surface area contributed by atoms with Crippen LogP contribution in [0.5, 0.6) is 5.88 Å². The van der Waals surface area contributed by atoms with E-state index in [0.717, 1.165) is 16.7 Å². The summed E-state index contributed by atoms with van der Waals surface area (Å²) in [5, 5.41) is 17.6. The minimum Gasteiger partial charge on any atom is -0.494 e. The van der Waals surface area contributed by atoms with Gasteiger partial charge in [0.25, 0.3) is 21.6 Å². The molecule has 0 saturated carbocycles.